The number of rotatable bonds is 3. The summed E-state index contributed by atoms with van der Waals surface area (Å²) in [6.45, 7) is 1.85. The molecule has 0 fully saturated rings. The van der Waals surface area contributed by atoms with Gasteiger partial charge in [-0.25, -0.2) is 9.97 Å². The highest BCUT2D eigenvalue weighted by molar-refractivity contribution is 6.32. The first-order valence-corrected chi connectivity index (χ1v) is 5.96. The fraction of sp³-hybridized carbons (Fsp3) is 0.167. The Morgan fingerprint density at radius 3 is 2.61 bits per heavy atom. The minimum atomic E-state index is 0.207. The summed E-state index contributed by atoms with van der Waals surface area (Å²) >= 11 is 11.7. The average Bonchev–Trinajstić information content (AvgIpc) is 2.30. The van der Waals surface area contributed by atoms with Crippen LogP contribution in [0.4, 0.5) is 11.5 Å². The highest BCUT2D eigenvalue weighted by Crippen LogP contribution is 2.28. The number of anilines is 2. The third kappa shape index (κ3) is 3.03. The van der Waals surface area contributed by atoms with Gasteiger partial charge in [0.05, 0.1) is 12.1 Å². The first-order valence-electron chi connectivity index (χ1n) is 5.20. The van der Waals surface area contributed by atoms with Crippen LogP contribution in [0, 0.1) is 6.92 Å². The molecule has 0 unspecified atom stereocenters. The number of nitrogens with one attached hydrogen (secondary N) is 1. The van der Waals surface area contributed by atoms with Gasteiger partial charge in [-0.2, -0.15) is 0 Å². The van der Waals surface area contributed by atoms with Crippen molar-refractivity contribution < 1.29 is 4.74 Å². The topological polar surface area (TPSA) is 47.0 Å². The lowest BCUT2D eigenvalue weighted by atomic mass is 10.3. The van der Waals surface area contributed by atoms with Crippen molar-refractivity contribution in [2.45, 2.75) is 6.92 Å². The Morgan fingerprint density at radius 2 is 1.94 bits per heavy atom. The van der Waals surface area contributed by atoms with E-state index in [4.69, 9.17) is 27.9 Å². The molecular weight excluding hydrogens is 273 g/mol. The predicted octanol–water partition coefficient (Wildman–Crippen LogP) is 3.84. The van der Waals surface area contributed by atoms with Crippen LogP contribution in [0.5, 0.6) is 5.75 Å². The van der Waals surface area contributed by atoms with Gasteiger partial charge in [0.2, 0.25) is 5.28 Å². The molecule has 2 aromatic rings. The van der Waals surface area contributed by atoms with Crippen molar-refractivity contribution in [3.8, 4) is 5.75 Å². The van der Waals surface area contributed by atoms with E-state index in [0.29, 0.717) is 16.6 Å². The third-order valence-electron chi connectivity index (χ3n) is 2.25. The first kappa shape index (κ1) is 12.9. The molecular formula is C12H11Cl2N3O. The van der Waals surface area contributed by atoms with Gasteiger partial charge in [-0.3, -0.25) is 0 Å². The van der Waals surface area contributed by atoms with Crippen LogP contribution >= 0.6 is 23.2 Å². The van der Waals surface area contributed by atoms with Crippen LogP contribution in [0.3, 0.4) is 0 Å². The fourth-order valence-electron chi connectivity index (χ4n) is 1.48. The Labute approximate surface area is 115 Å². The van der Waals surface area contributed by atoms with Gasteiger partial charge < -0.3 is 10.1 Å². The molecule has 0 atom stereocenters. The van der Waals surface area contributed by atoms with E-state index in [2.05, 4.69) is 15.3 Å². The molecule has 2 rings (SSSR count). The number of aryl methyl sites for hydroxylation is 1. The second kappa shape index (κ2) is 5.42. The van der Waals surface area contributed by atoms with E-state index in [1.807, 2.05) is 13.0 Å². The van der Waals surface area contributed by atoms with Gasteiger partial charge in [-0.05, 0) is 30.7 Å². The van der Waals surface area contributed by atoms with Crippen LogP contribution < -0.4 is 10.1 Å². The van der Waals surface area contributed by atoms with E-state index in [1.165, 1.54) is 0 Å². The van der Waals surface area contributed by atoms with Crippen molar-refractivity contribution in [1.29, 1.82) is 0 Å². The summed E-state index contributed by atoms with van der Waals surface area (Å²) in [5, 5.41) is 3.88. The van der Waals surface area contributed by atoms with E-state index in [-0.39, 0.29) is 5.28 Å². The van der Waals surface area contributed by atoms with Crippen molar-refractivity contribution in [1.82, 2.24) is 9.97 Å². The summed E-state index contributed by atoms with van der Waals surface area (Å²) in [7, 11) is 1.57. The van der Waals surface area contributed by atoms with Gasteiger partial charge >= 0.3 is 0 Å². The molecule has 0 spiro atoms. The molecule has 4 nitrogen and oxygen atoms in total. The van der Waals surface area contributed by atoms with Crippen molar-refractivity contribution in [3.63, 3.8) is 0 Å². The van der Waals surface area contributed by atoms with Gasteiger partial charge in [0.25, 0.3) is 0 Å². The van der Waals surface area contributed by atoms with Gasteiger partial charge in [-0.1, -0.05) is 11.6 Å². The minimum absolute atomic E-state index is 0.207. The number of aromatic nitrogens is 2. The van der Waals surface area contributed by atoms with Gasteiger partial charge in [0, 0.05) is 23.5 Å². The number of benzene rings is 1. The largest absolute Gasteiger partial charge is 0.495 e. The maximum atomic E-state index is 5.95. The summed E-state index contributed by atoms with van der Waals surface area (Å²) in [5.74, 6) is 1.22. The fourth-order valence-corrected chi connectivity index (χ4v) is 1.90. The molecule has 0 bridgehead atoms. The zero-order valence-corrected chi connectivity index (χ0v) is 11.4. The molecule has 0 aliphatic heterocycles. The Hall–Kier alpha value is -1.52. The Morgan fingerprint density at radius 1 is 1.17 bits per heavy atom. The SMILES string of the molecule is COc1cc(Nc2cc(C)nc(Cl)n2)ccc1Cl. The van der Waals surface area contributed by atoms with Crippen molar-refractivity contribution in [3.05, 3.63) is 40.3 Å². The smallest absolute Gasteiger partial charge is 0.224 e. The maximum Gasteiger partial charge on any atom is 0.224 e. The van der Waals surface area contributed by atoms with Crippen LogP contribution in [0.15, 0.2) is 24.3 Å². The van der Waals surface area contributed by atoms with E-state index < -0.39 is 0 Å². The lowest BCUT2D eigenvalue weighted by Gasteiger charge is -2.09. The summed E-state index contributed by atoms with van der Waals surface area (Å²) in [6.07, 6.45) is 0. The van der Waals surface area contributed by atoms with Crippen LogP contribution in [-0.4, -0.2) is 17.1 Å². The molecule has 0 saturated heterocycles. The molecule has 94 valence electrons. The minimum Gasteiger partial charge on any atom is -0.495 e. The summed E-state index contributed by atoms with van der Waals surface area (Å²) in [6, 6.07) is 7.16. The Kier molecular flexibility index (Phi) is 3.89. The van der Waals surface area contributed by atoms with Gasteiger partial charge in [-0.15, -0.1) is 0 Å². The summed E-state index contributed by atoms with van der Waals surface area (Å²) in [5.41, 5.74) is 1.60. The van der Waals surface area contributed by atoms with Crippen LogP contribution in [0.2, 0.25) is 10.3 Å². The molecule has 0 saturated carbocycles. The number of hydrogen-bond donors (Lipinski definition) is 1. The van der Waals surface area contributed by atoms with Crippen LogP contribution in [0.1, 0.15) is 5.69 Å². The molecule has 6 heteroatoms. The van der Waals surface area contributed by atoms with E-state index in [1.54, 1.807) is 25.3 Å². The summed E-state index contributed by atoms with van der Waals surface area (Å²) < 4.78 is 5.14. The van der Waals surface area contributed by atoms with E-state index in [9.17, 15) is 0 Å². The molecule has 0 aliphatic rings. The maximum absolute atomic E-state index is 5.95. The highest BCUT2D eigenvalue weighted by atomic mass is 35.5. The van der Waals surface area contributed by atoms with Crippen LogP contribution in [0.25, 0.3) is 0 Å². The highest BCUT2D eigenvalue weighted by Gasteiger charge is 2.04. The molecule has 1 aromatic heterocycles. The molecule has 18 heavy (non-hydrogen) atoms. The molecule has 0 radical (unpaired) electrons. The molecule has 0 amide bonds. The third-order valence-corrected chi connectivity index (χ3v) is 2.73. The second-order valence-corrected chi connectivity index (χ2v) is 4.38. The molecule has 1 heterocycles. The van der Waals surface area contributed by atoms with Crippen molar-refractivity contribution >= 4 is 34.7 Å². The second-order valence-electron chi connectivity index (χ2n) is 3.64. The number of hydrogen-bond acceptors (Lipinski definition) is 4. The molecule has 1 aromatic carbocycles. The van der Waals surface area contributed by atoms with Crippen LogP contribution in [-0.2, 0) is 0 Å². The quantitative estimate of drug-likeness (QED) is 0.870. The standard InChI is InChI=1S/C12H11Cl2N3O/c1-7-5-11(17-12(14)15-7)16-8-3-4-9(13)10(6-8)18-2/h3-6H,1-2H3,(H,15,16,17). The number of halogens is 2. The average molecular weight is 284 g/mol. The van der Waals surface area contributed by atoms with Gasteiger partial charge in [0.1, 0.15) is 11.6 Å². The summed E-state index contributed by atoms with van der Waals surface area (Å²) in [4.78, 5) is 8.07. The number of ether oxygens (including phenoxy) is 1. The monoisotopic (exact) mass is 283 g/mol. The predicted molar refractivity (Wildman–Crippen MR) is 73.1 cm³/mol. The van der Waals surface area contributed by atoms with E-state index in [0.717, 1.165) is 11.4 Å². The van der Waals surface area contributed by atoms with Gasteiger partial charge in [0.15, 0.2) is 0 Å². The zero-order valence-electron chi connectivity index (χ0n) is 9.87. The van der Waals surface area contributed by atoms with E-state index >= 15 is 0 Å². The van der Waals surface area contributed by atoms with Crippen molar-refractivity contribution in [2.75, 3.05) is 12.4 Å². The first-order chi connectivity index (χ1) is 8.58. The Balaban J connectivity index is 2.28. The normalized spacial score (nSPS) is 10.2. The lowest BCUT2D eigenvalue weighted by Crippen LogP contribution is -1.97. The number of nitrogens with zero attached hydrogens (tertiary/aromatic N) is 2. The Bertz CT molecular complexity index is 555. The number of methoxy groups -OCH3 is 1. The zero-order chi connectivity index (χ0) is 13.1. The molecule has 0 aliphatic carbocycles. The van der Waals surface area contributed by atoms with Crippen molar-refractivity contribution in [2.24, 2.45) is 0 Å². The lowest BCUT2D eigenvalue weighted by molar-refractivity contribution is 0.415. The molecule has 1 N–H and O–H groups in total.